The molecule has 5 heteroatoms. The molecule has 2 unspecified atom stereocenters. The van der Waals surface area contributed by atoms with E-state index in [1.165, 1.54) is 17.2 Å². The van der Waals surface area contributed by atoms with Gasteiger partial charge in [-0.3, -0.25) is 4.79 Å². The van der Waals surface area contributed by atoms with Crippen LogP contribution in [0.3, 0.4) is 0 Å². The molecule has 1 aromatic carbocycles. The molecule has 20 heavy (non-hydrogen) atoms. The summed E-state index contributed by atoms with van der Waals surface area (Å²) in [6.07, 6.45) is 1.18. The third kappa shape index (κ3) is 3.40. The van der Waals surface area contributed by atoms with Crippen LogP contribution in [0.5, 0.6) is 0 Å². The number of halogens is 1. The van der Waals surface area contributed by atoms with E-state index in [0.717, 1.165) is 16.5 Å². The summed E-state index contributed by atoms with van der Waals surface area (Å²) in [5.74, 6) is 0.0298. The molecule has 0 saturated carbocycles. The third-order valence-electron chi connectivity index (χ3n) is 3.38. The summed E-state index contributed by atoms with van der Waals surface area (Å²) >= 11 is 5.26. The van der Waals surface area contributed by atoms with Crippen molar-refractivity contribution in [1.82, 2.24) is 0 Å². The largest absolute Gasteiger partial charge is 0.469 e. The van der Waals surface area contributed by atoms with Gasteiger partial charge in [-0.1, -0.05) is 19.1 Å². The number of benzene rings is 1. The smallest absolute Gasteiger partial charge is 0.305 e. The number of carbonyl (C=O) groups excluding carboxylic acids is 1. The minimum atomic E-state index is -0.178. The van der Waals surface area contributed by atoms with Crippen LogP contribution in [0.15, 0.2) is 28.1 Å². The number of hydrogen-bond donors (Lipinski definition) is 1. The van der Waals surface area contributed by atoms with Crippen molar-refractivity contribution in [3.05, 3.63) is 33.6 Å². The Hall–Kier alpha value is -0.910. The molecule has 2 N–H and O–H groups in total. The average molecular weight is 356 g/mol. The van der Waals surface area contributed by atoms with Crippen LogP contribution in [0, 0.1) is 5.92 Å². The van der Waals surface area contributed by atoms with Gasteiger partial charge in [0.2, 0.25) is 0 Å². The number of fused-ring (bicyclic) bond motifs is 1. The second-order valence-electron chi connectivity index (χ2n) is 5.04. The lowest BCUT2D eigenvalue weighted by molar-refractivity contribution is -0.141. The highest BCUT2D eigenvalue weighted by Crippen LogP contribution is 2.36. The Morgan fingerprint density at radius 1 is 1.50 bits per heavy atom. The van der Waals surface area contributed by atoms with Gasteiger partial charge >= 0.3 is 5.97 Å². The molecule has 0 bridgehead atoms. The predicted molar refractivity (Wildman–Crippen MR) is 86.9 cm³/mol. The van der Waals surface area contributed by atoms with E-state index in [0.29, 0.717) is 6.42 Å². The van der Waals surface area contributed by atoms with Gasteiger partial charge in [-0.15, -0.1) is 11.3 Å². The molecule has 108 valence electrons. The molecule has 2 atom stereocenters. The first-order chi connectivity index (χ1) is 9.52. The van der Waals surface area contributed by atoms with E-state index in [9.17, 15) is 4.79 Å². The zero-order valence-electron chi connectivity index (χ0n) is 11.6. The first-order valence-electron chi connectivity index (χ1n) is 6.51. The molecule has 0 aliphatic rings. The van der Waals surface area contributed by atoms with Crippen molar-refractivity contribution < 1.29 is 9.53 Å². The molecule has 2 rings (SSSR count). The summed E-state index contributed by atoms with van der Waals surface area (Å²) in [4.78, 5) is 11.3. The van der Waals surface area contributed by atoms with Crippen LogP contribution in [-0.4, -0.2) is 13.1 Å². The quantitative estimate of drug-likeness (QED) is 0.815. The van der Waals surface area contributed by atoms with Crippen LogP contribution in [0.4, 0.5) is 0 Å². The Balaban J connectivity index is 2.13. The van der Waals surface area contributed by atoms with Gasteiger partial charge in [0.05, 0.1) is 7.11 Å². The van der Waals surface area contributed by atoms with Crippen LogP contribution in [-0.2, 0) is 9.53 Å². The molecule has 0 amide bonds. The summed E-state index contributed by atoms with van der Waals surface area (Å²) in [5.41, 5.74) is 7.47. The summed E-state index contributed by atoms with van der Waals surface area (Å²) in [6.45, 7) is 2.03. The molecule has 0 spiro atoms. The molecular weight excluding hydrogens is 338 g/mol. The maximum absolute atomic E-state index is 11.3. The van der Waals surface area contributed by atoms with E-state index in [1.807, 2.05) is 19.1 Å². The number of thiophene rings is 1. The molecule has 1 aromatic heterocycles. The first-order valence-corrected chi connectivity index (χ1v) is 8.18. The van der Waals surface area contributed by atoms with Crippen molar-refractivity contribution >= 4 is 43.3 Å². The van der Waals surface area contributed by atoms with Gasteiger partial charge in [-0.05, 0) is 50.7 Å². The summed E-state index contributed by atoms with van der Waals surface area (Å²) < 4.78 is 7.01. The number of esters is 1. The second kappa shape index (κ2) is 6.70. The Kier molecular flexibility index (Phi) is 5.18. The molecule has 1 heterocycles. The van der Waals surface area contributed by atoms with Crippen molar-refractivity contribution in [3.8, 4) is 0 Å². The summed E-state index contributed by atoms with van der Waals surface area (Å²) in [6, 6.07) is 6.09. The highest BCUT2D eigenvalue weighted by Gasteiger charge is 2.18. The Morgan fingerprint density at radius 2 is 2.25 bits per heavy atom. The molecule has 0 fully saturated rings. The summed E-state index contributed by atoms with van der Waals surface area (Å²) in [5, 5.41) is 3.31. The topological polar surface area (TPSA) is 52.3 Å². The second-order valence-corrected chi connectivity index (χ2v) is 6.77. The fourth-order valence-corrected chi connectivity index (χ4v) is 4.03. The molecule has 0 radical (unpaired) electrons. The normalized spacial score (nSPS) is 14.2. The number of ether oxygens (including phenoxy) is 1. The predicted octanol–water partition coefficient (Wildman–Crippen LogP) is 4.25. The molecule has 2 aromatic rings. The standard InChI is InChI=1S/C15H18BrNO2S/c1-9(7-14(18)19-2)6-13(17)11-8-20-15-10(11)4-3-5-12(15)16/h3-5,8-9,13H,6-7,17H2,1-2H3. The number of carbonyl (C=O) groups is 1. The van der Waals surface area contributed by atoms with E-state index in [2.05, 4.69) is 27.4 Å². The van der Waals surface area contributed by atoms with Crippen molar-refractivity contribution in [1.29, 1.82) is 0 Å². The van der Waals surface area contributed by atoms with Crippen molar-refractivity contribution in [2.24, 2.45) is 11.7 Å². The van der Waals surface area contributed by atoms with E-state index < -0.39 is 0 Å². The maximum Gasteiger partial charge on any atom is 0.305 e. The van der Waals surface area contributed by atoms with E-state index in [4.69, 9.17) is 10.5 Å². The fourth-order valence-electron chi connectivity index (χ4n) is 2.34. The molecule has 0 saturated heterocycles. The molecule has 0 aliphatic heterocycles. The fraction of sp³-hybridized carbons (Fsp3) is 0.400. The van der Waals surface area contributed by atoms with Crippen molar-refractivity contribution in [2.45, 2.75) is 25.8 Å². The van der Waals surface area contributed by atoms with Crippen LogP contribution in [0.1, 0.15) is 31.4 Å². The SMILES string of the molecule is COC(=O)CC(C)CC(N)c1csc2c(Br)cccc12. The van der Waals surface area contributed by atoms with Crippen LogP contribution >= 0.6 is 27.3 Å². The van der Waals surface area contributed by atoms with E-state index in [1.54, 1.807) is 11.3 Å². The van der Waals surface area contributed by atoms with Gasteiger partial charge in [0.1, 0.15) is 0 Å². The third-order valence-corrected chi connectivity index (χ3v) is 5.35. The zero-order valence-corrected chi connectivity index (χ0v) is 14.0. The number of rotatable bonds is 5. The lowest BCUT2D eigenvalue weighted by atomic mass is 9.94. The van der Waals surface area contributed by atoms with Gasteiger partial charge in [0.15, 0.2) is 0 Å². The maximum atomic E-state index is 11.3. The highest BCUT2D eigenvalue weighted by atomic mass is 79.9. The highest BCUT2D eigenvalue weighted by molar-refractivity contribution is 9.10. The van der Waals surface area contributed by atoms with Gasteiger partial charge in [-0.25, -0.2) is 0 Å². The van der Waals surface area contributed by atoms with Gasteiger partial charge in [0.25, 0.3) is 0 Å². The Morgan fingerprint density at radius 3 is 2.95 bits per heavy atom. The van der Waals surface area contributed by atoms with Crippen molar-refractivity contribution in [3.63, 3.8) is 0 Å². The molecular formula is C15H18BrNO2S. The Labute approximate surface area is 131 Å². The zero-order chi connectivity index (χ0) is 14.7. The Bertz CT molecular complexity index is 611. The van der Waals surface area contributed by atoms with Crippen LogP contribution in [0.25, 0.3) is 10.1 Å². The molecule has 0 aliphatic carbocycles. The lowest BCUT2D eigenvalue weighted by Gasteiger charge is -2.16. The van der Waals surface area contributed by atoms with Crippen LogP contribution in [0.2, 0.25) is 0 Å². The van der Waals surface area contributed by atoms with E-state index >= 15 is 0 Å². The average Bonchev–Trinajstić information content (AvgIpc) is 2.83. The summed E-state index contributed by atoms with van der Waals surface area (Å²) in [7, 11) is 1.42. The van der Waals surface area contributed by atoms with E-state index in [-0.39, 0.29) is 17.9 Å². The number of methoxy groups -OCH3 is 1. The van der Waals surface area contributed by atoms with Gasteiger partial charge in [0, 0.05) is 21.6 Å². The lowest BCUT2D eigenvalue weighted by Crippen LogP contribution is -2.16. The first kappa shape index (κ1) is 15.5. The van der Waals surface area contributed by atoms with Crippen LogP contribution < -0.4 is 5.73 Å². The number of nitrogens with two attached hydrogens (primary N) is 1. The minimum absolute atomic E-state index is 0.0577. The molecule has 3 nitrogen and oxygen atoms in total. The number of hydrogen-bond acceptors (Lipinski definition) is 4. The van der Waals surface area contributed by atoms with Gasteiger partial charge < -0.3 is 10.5 Å². The minimum Gasteiger partial charge on any atom is -0.469 e. The van der Waals surface area contributed by atoms with Crippen molar-refractivity contribution in [2.75, 3.05) is 7.11 Å². The monoisotopic (exact) mass is 355 g/mol. The van der Waals surface area contributed by atoms with Gasteiger partial charge in [-0.2, -0.15) is 0 Å².